The molecule has 0 radical (unpaired) electrons. The van der Waals surface area contributed by atoms with E-state index in [9.17, 15) is 19.1 Å². The van der Waals surface area contributed by atoms with Gasteiger partial charge in [-0.05, 0) is 42.7 Å². The number of urea groups is 1. The summed E-state index contributed by atoms with van der Waals surface area (Å²) in [4.78, 5) is 29.9. The molecule has 2 N–H and O–H groups in total. The highest BCUT2D eigenvalue weighted by Gasteiger charge is 2.56. The number of ether oxygens (including phenoxy) is 1. The van der Waals surface area contributed by atoms with E-state index in [1.807, 2.05) is 24.3 Å². The maximum Gasteiger partial charge on any atom is 0.326 e. The Morgan fingerprint density at radius 3 is 2.66 bits per heavy atom. The molecule has 0 bridgehead atoms. The molecule has 5 rings (SSSR count). The van der Waals surface area contributed by atoms with E-state index < -0.39 is 5.82 Å². The quantitative estimate of drug-likeness (QED) is 0.771. The van der Waals surface area contributed by atoms with Gasteiger partial charge in [0.15, 0.2) is 0 Å². The highest BCUT2D eigenvalue weighted by Crippen LogP contribution is 2.49. The van der Waals surface area contributed by atoms with E-state index in [4.69, 9.17) is 4.74 Å². The SMILES string of the molecule is O=C(Nc1cccc(F)c1)N1C[C@H]2[C@@H](c3ccccc31)[C@@H](CO)N2C(=O)C1CCOCC1. The summed E-state index contributed by atoms with van der Waals surface area (Å²) in [6.45, 7) is 1.31. The standard InChI is InChI=1S/C24H26FN3O4/c25-16-4-3-5-17(12-16)26-24(31)27-13-20-22(18-6-1-2-7-19(18)27)21(14-29)28(20)23(30)15-8-10-32-11-9-15/h1-7,12,15,20-22,29H,8-11,13-14H2,(H,26,31)/t20-,21+,22+/m0/s1. The van der Waals surface area contributed by atoms with Crippen LogP contribution in [0.15, 0.2) is 48.5 Å². The molecule has 7 nitrogen and oxygen atoms in total. The average Bonchev–Trinajstić information content (AvgIpc) is 2.80. The van der Waals surface area contributed by atoms with Crippen molar-refractivity contribution in [1.82, 2.24) is 4.90 Å². The third-order valence-corrected chi connectivity index (χ3v) is 6.83. The molecule has 32 heavy (non-hydrogen) atoms. The van der Waals surface area contributed by atoms with E-state index in [1.165, 1.54) is 18.2 Å². The van der Waals surface area contributed by atoms with Crippen LogP contribution in [0.4, 0.5) is 20.6 Å². The van der Waals surface area contributed by atoms with Crippen LogP contribution < -0.4 is 10.2 Å². The Kier molecular flexibility index (Phi) is 5.57. The van der Waals surface area contributed by atoms with Gasteiger partial charge in [0.2, 0.25) is 5.91 Å². The smallest absolute Gasteiger partial charge is 0.326 e. The minimum Gasteiger partial charge on any atom is -0.394 e. The van der Waals surface area contributed by atoms with Gasteiger partial charge in [0.05, 0.1) is 18.7 Å². The van der Waals surface area contributed by atoms with E-state index in [0.717, 1.165) is 11.3 Å². The molecule has 0 spiro atoms. The second kappa shape index (κ2) is 8.52. The van der Waals surface area contributed by atoms with Gasteiger partial charge in [-0.25, -0.2) is 9.18 Å². The van der Waals surface area contributed by atoms with Crippen molar-refractivity contribution in [1.29, 1.82) is 0 Å². The van der Waals surface area contributed by atoms with Crippen LogP contribution in [0, 0.1) is 11.7 Å². The summed E-state index contributed by atoms with van der Waals surface area (Å²) in [5.74, 6) is -0.554. The molecule has 3 amide bonds. The first kappa shape index (κ1) is 20.9. The van der Waals surface area contributed by atoms with Crippen LogP contribution in [0.5, 0.6) is 0 Å². The van der Waals surface area contributed by atoms with Gasteiger partial charge in [0.1, 0.15) is 5.82 Å². The first-order valence-corrected chi connectivity index (χ1v) is 11.0. The molecule has 0 aromatic heterocycles. The summed E-state index contributed by atoms with van der Waals surface area (Å²) in [5, 5.41) is 12.9. The molecule has 0 unspecified atom stereocenters. The molecule has 168 valence electrons. The van der Waals surface area contributed by atoms with Crippen molar-refractivity contribution in [2.75, 3.05) is 36.6 Å². The summed E-state index contributed by atoms with van der Waals surface area (Å²) < 4.78 is 19.0. The summed E-state index contributed by atoms with van der Waals surface area (Å²) in [6.07, 6.45) is 1.34. The van der Waals surface area contributed by atoms with Crippen LogP contribution >= 0.6 is 0 Å². The maximum atomic E-state index is 13.6. The number of likely N-dealkylation sites (tertiary alicyclic amines) is 1. The van der Waals surface area contributed by atoms with Crippen molar-refractivity contribution >= 4 is 23.3 Å². The van der Waals surface area contributed by atoms with E-state index in [-0.39, 0.29) is 42.5 Å². The van der Waals surface area contributed by atoms with Crippen LogP contribution in [-0.4, -0.2) is 60.4 Å². The number of fused-ring (bicyclic) bond motifs is 3. The zero-order valence-corrected chi connectivity index (χ0v) is 17.6. The number of aliphatic hydroxyl groups excluding tert-OH is 1. The van der Waals surface area contributed by atoms with Crippen molar-refractivity contribution in [3.8, 4) is 0 Å². The predicted molar refractivity (Wildman–Crippen MR) is 117 cm³/mol. The molecule has 0 aliphatic carbocycles. The number of halogens is 1. The first-order chi connectivity index (χ1) is 15.6. The van der Waals surface area contributed by atoms with Gasteiger partial charge in [-0.15, -0.1) is 0 Å². The molecule has 2 saturated heterocycles. The van der Waals surface area contributed by atoms with Gasteiger partial charge in [-0.2, -0.15) is 0 Å². The molecule has 3 aliphatic heterocycles. The number of hydrogen-bond donors (Lipinski definition) is 2. The summed E-state index contributed by atoms with van der Waals surface area (Å²) >= 11 is 0. The Morgan fingerprint density at radius 2 is 1.91 bits per heavy atom. The minimum absolute atomic E-state index is 0.0264. The maximum absolute atomic E-state index is 13.6. The number of benzene rings is 2. The van der Waals surface area contributed by atoms with Gasteiger partial charge in [-0.3, -0.25) is 9.69 Å². The van der Waals surface area contributed by atoms with E-state index in [0.29, 0.717) is 38.3 Å². The number of hydrogen-bond acceptors (Lipinski definition) is 4. The van der Waals surface area contributed by atoms with Crippen molar-refractivity contribution in [3.05, 3.63) is 59.9 Å². The second-order valence-corrected chi connectivity index (χ2v) is 8.59. The Bertz CT molecular complexity index is 1030. The molecular formula is C24H26FN3O4. The minimum atomic E-state index is -0.431. The Balaban J connectivity index is 1.43. The number of carbonyl (C=O) groups excluding carboxylic acids is 2. The zero-order chi connectivity index (χ0) is 22.2. The molecule has 3 heterocycles. The molecule has 3 aliphatic rings. The van der Waals surface area contributed by atoms with Gasteiger partial charge in [0.25, 0.3) is 0 Å². The normalized spacial score (nSPS) is 24.9. The third-order valence-electron chi connectivity index (χ3n) is 6.83. The molecule has 0 saturated carbocycles. The number of para-hydroxylation sites is 1. The largest absolute Gasteiger partial charge is 0.394 e. The van der Waals surface area contributed by atoms with Crippen molar-refractivity contribution in [3.63, 3.8) is 0 Å². The summed E-state index contributed by atoms with van der Waals surface area (Å²) in [5.41, 5.74) is 2.05. The summed E-state index contributed by atoms with van der Waals surface area (Å²) in [6, 6.07) is 12.4. The van der Waals surface area contributed by atoms with Gasteiger partial charge < -0.3 is 20.1 Å². The van der Waals surface area contributed by atoms with Crippen LogP contribution in [0.1, 0.15) is 24.3 Å². The number of nitrogens with one attached hydrogen (secondary N) is 1. The number of amides is 3. The number of aliphatic hydroxyl groups is 1. The lowest BCUT2D eigenvalue weighted by molar-refractivity contribution is -0.157. The van der Waals surface area contributed by atoms with Crippen LogP contribution in [0.3, 0.4) is 0 Å². The lowest BCUT2D eigenvalue weighted by Gasteiger charge is -2.59. The molecule has 2 fully saturated rings. The number of nitrogens with zero attached hydrogens (tertiary/aromatic N) is 2. The van der Waals surface area contributed by atoms with Crippen molar-refractivity contribution < 1.29 is 23.8 Å². The summed E-state index contributed by atoms with van der Waals surface area (Å²) in [7, 11) is 0. The van der Waals surface area contributed by atoms with Crippen LogP contribution in [0.25, 0.3) is 0 Å². The van der Waals surface area contributed by atoms with Crippen LogP contribution in [0.2, 0.25) is 0 Å². The monoisotopic (exact) mass is 439 g/mol. The number of carbonyl (C=O) groups is 2. The fourth-order valence-electron chi connectivity index (χ4n) is 5.30. The molecular weight excluding hydrogens is 413 g/mol. The van der Waals surface area contributed by atoms with Crippen molar-refractivity contribution in [2.24, 2.45) is 5.92 Å². The molecule has 2 aromatic carbocycles. The van der Waals surface area contributed by atoms with Crippen molar-refractivity contribution in [2.45, 2.75) is 30.8 Å². The Morgan fingerprint density at radius 1 is 1.12 bits per heavy atom. The Hall–Kier alpha value is -2.97. The lowest BCUT2D eigenvalue weighted by atomic mass is 9.71. The van der Waals surface area contributed by atoms with Crippen LogP contribution in [-0.2, 0) is 9.53 Å². The first-order valence-electron chi connectivity index (χ1n) is 11.0. The van der Waals surface area contributed by atoms with Gasteiger partial charge in [0, 0.05) is 43.0 Å². The van der Waals surface area contributed by atoms with Gasteiger partial charge in [-0.1, -0.05) is 24.3 Å². The number of anilines is 2. The third kappa shape index (κ3) is 3.53. The highest BCUT2D eigenvalue weighted by molar-refractivity contribution is 6.03. The fourth-order valence-corrected chi connectivity index (χ4v) is 5.30. The highest BCUT2D eigenvalue weighted by atomic mass is 19.1. The lowest BCUT2D eigenvalue weighted by Crippen LogP contribution is -2.71. The van der Waals surface area contributed by atoms with E-state index >= 15 is 0 Å². The number of rotatable bonds is 3. The zero-order valence-electron chi connectivity index (χ0n) is 17.6. The second-order valence-electron chi connectivity index (χ2n) is 8.59. The van der Waals surface area contributed by atoms with E-state index in [2.05, 4.69) is 5.32 Å². The molecule has 8 heteroatoms. The average molecular weight is 439 g/mol. The van der Waals surface area contributed by atoms with Gasteiger partial charge >= 0.3 is 6.03 Å². The predicted octanol–water partition coefficient (Wildman–Crippen LogP) is 2.96. The topological polar surface area (TPSA) is 82.1 Å². The fraction of sp³-hybridized carbons (Fsp3) is 0.417. The Labute approximate surface area is 185 Å². The molecule has 3 atom stereocenters. The molecule has 2 aromatic rings. The van der Waals surface area contributed by atoms with E-state index in [1.54, 1.807) is 15.9 Å².